The fourth-order valence-electron chi connectivity index (χ4n) is 1.94. The maximum Gasteiger partial charge on any atom is 0.154 e. The highest BCUT2D eigenvalue weighted by molar-refractivity contribution is 6.32. The summed E-state index contributed by atoms with van der Waals surface area (Å²) >= 11 is 12.2. The molecule has 0 unspecified atom stereocenters. The highest BCUT2D eigenvalue weighted by Crippen LogP contribution is 2.29. The molecule has 90 valence electrons. The van der Waals surface area contributed by atoms with Crippen LogP contribution in [0.3, 0.4) is 0 Å². The van der Waals surface area contributed by atoms with Crippen molar-refractivity contribution in [3.05, 3.63) is 52.5 Å². The monoisotopic (exact) mass is 277 g/mol. The Morgan fingerprint density at radius 2 is 2.00 bits per heavy atom. The van der Waals surface area contributed by atoms with E-state index in [1.165, 1.54) is 0 Å². The molecule has 0 saturated carbocycles. The molecule has 3 rings (SSSR count). The average molecular weight is 278 g/mol. The molecule has 5 heteroatoms. The fourth-order valence-corrected chi connectivity index (χ4v) is 2.32. The van der Waals surface area contributed by atoms with Crippen LogP contribution in [0, 0.1) is 6.92 Å². The molecule has 3 nitrogen and oxygen atoms in total. The minimum atomic E-state index is 0.441. The van der Waals surface area contributed by atoms with Crippen LogP contribution in [0.15, 0.2) is 36.8 Å². The third-order valence-electron chi connectivity index (χ3n) is 2.92. The molecule has 1 aromatic carbocycles. The molecule has 18 heavy (non-hydrogen) atoms. The Balaban J connectivity index is 2.33. The van der Waals surface area contributed by atoms with Gasteiger partial charge in [0, 0.05) is 23.0 Å². The summed E-state index contributed by atoms with van der Waals surface area (Å²) in [5, 5.41) is 1.17. The van der Waals surface area contributed by atoms with Gasteiger partial charge in [-0.05, 0) is 18.6 Å². The standard InChI is InChI=1S/C13H9Cl2N3/c1-8-9(3-2-4-10(8)14)13-17-7-11-12(15)16-5-6-18(11)13/h2-7H,1H3. The van der Waals surface area contributed by atoms with Gasteiger partial charge in [-0.1, -0.05) is 35.3 Å². The van der Waals surface area contributed by atoms with E-state index in [-0.39, 0.29) is 0 Å². The van der Waals surface area contributed by atoms with Gasteiger partial charge in [-0.25, -0.2) is 9.97 Å². The molecule has 0 atom stereocenters. The smallest absolute Gasteiger partial charge is 0.154 e. The van der Waals surface area contributed by atoms with Crippen LogP contribution in [-0.2, 0) is 0 Å². The first kappa shape index (κ1) is 11.5. The molecule has 0 aliphatic carbocycles. The van der Waals surface area contributed by atoms with Crippen LogP contribution in [0.25, 0.3) is 16.9 Å². The van der Waals surface area contributed by atoms with Crippen LogP contribution in [0.4, 0.5) is 0 Å². The van der Waals surface area contributed by atoms with Crippen LogP contribution < -0.4 is 0 Å². The first-order valence-corrected chi connectivity index (χ1v) is 6.17. The third kappa shape index (κ3) is 1.67. The number of fused-ring (bicyclic) bond motifs is 1. The van der Waals surface area contributed by atoms with Crippen molar-refractivity contribution in [2.45, 2.75) is 6.92 Å². The van der Waals surface area contributed by atoms with Gasteiger partial charge in [0.2, 0.25) is 0 Å². The quantitative estimate of drug-likeness (QED) is 0.673. The Hall–Kier alpha value is -1.58. The molecule has 2 heterocycles. The molecule has 2 aromatic heterocycles. The maximum absolute atomic E-state index is 6.14. The van der Waals surface area contributed by atoms with Crippen molar-refractivity contribution < 1.29 is 0 Å². The lowest BCUT2D eigenvalue weighted by Gasteiger charge is -2.06. The summed E-state index contributed by atoms with van der Waals surface area (Å²) in [6.07, 6.45) is 5.20. The molecular formula is C13H9Cl2N3. The largest absolute Gasteiger partial charge is 0.295 e. The Kier molecular flexibility index (Phi) is 2.73. The number of aromatic nitrogens is 3. The van der Waals surface area contributed by atoms with Gasteiger partial charge < -0.3 is 0 Å². The van der Waals surface area contributed by atoms with E-state index in [9.17, 15) is 0 Å². The number of rotatable bonds is 1. The molecule has 0 spiro atoms. The molecule has 0 fully saturated rings. The number of hydrogen-bond acceptors (Lipinski definition) is 2. The summed E-state index contributed by atoms with van der Waals surface area (Å²) in [6, 6.07) is 5.77. The topological polar surface area (TPSA) is 30.2 Å². The fraction of sp³-hybridized carbons (Fsp3) is 0.0769. The summed E-state index contributed by atoms with van der Waals surface area (Å²) in [5.74, 6) is 0.814. The van der Waals surface area contributed by atoms with Crippen LogP contribution >= 0.6 is 23.2 Å². The van der Waals surface area contributed by atoms with Crippen molar-refractivity contribution in [3.63, 3.8) is 0 Å². The van der Waals surface area contributed by atoms with Crippen LogP contribution in [-0.4, -0.2) is 14.4 Å². The van der Waals surface area contributed by atoms with E-state index < -0.39 is 0 Å². The van der Waals surface area contributed by atoms with Gasteiger partial charge in [0.05, 0.1) is 6.20 Å². The summed E-state index contributed by atoms with van der Waals surface area (Å²) in [5.41, 5.74) is 2.78. The van der Waals surface area contributed by atoms with Crippen LogP contribution in [0.2, 0.25) is 10.2 Å². The van der Waals surface area contributed by atoms with Crippen molar-refractivity contribution in [2.24, 2.45) is 0 Å². The molecule has 0 radical (unpaired) electrons. The van der Waals surface area contributed by atoms with Gasteiger partial charge in [0.25, 0.3) is 0 Å². The van der Waals surface area contributed by atoms with Crippen molar-refractivity contribution in [1.82, 2.24) is 14.4 Å². The molecule has 0 N–H and O–H groups in total. The highest BCUT2D eigenvalue weighted by atomic mass is 35.5. The minimum absolute atomic E-state index is 0.441. The molecule has 3 aromatic rings. The molecular weight excluding hydrogens is 269 g/mol. The molecule has 0 bridgehead atoms. The average Bonchev–Trinajstić information content (AvgIpc) is 2.78. The minimum Gasteiger partial charge on any atom is -0.295 e. The molecule has 0 saturated heterocycles. The van der Waals surface area contributed by atoms with Gasteiger partial charge in [0.1, 0.15) is 11.3 Å². The van der Waals surface area contributed by atoms with Crippen molar-refractivity contribution in [2.75, 3.05) is 0 Å². The van der Waals surface area contributed by atoms with E-state index in [1.54, 1.807) is 12.4 Å². The normalized spacial score (nSPS) is 11.1. The van der Waals surface area contributed by atoms with E-state index in [1.807, 2.05) is 35.7 Å². The lowest BCUT2D eigenvalue weighted by Crippen LogP contribution is -1.93. The number of hydrogen-bond donors (Lipinski definition) is 0. The van der Waals surface area contributed by atoms with Gasteiger partial charge in [-0.15, -0.1) is 0 Å². The zero-order valence-electron chi connectivity index (χ0n) is 9.56. The zero-order valence-corrected chi connectivity index (χ0v) is 11.1. The predicted octanol–water partition coefficient (Wildman–Crippen LogP) is 4.01. The van der Waals surface area contributed by atoms with E-state index in [4.69, 9.17) is 23.2 Å². The lowest BCUT2D eigenvalue weighted by atomic mass is 10.1. The predicted molar refractivity (Wildman–Crippen MR) is 73.2 cm³/mol. The van der Waals surface area contributed by atoms with Gasteiger partial charge in [0.15, 0.2) is 5.15 Å². The maximum atomic E-state index is 6.14. The molecule has 0 aliphatic heterocycles. The first-order chi connectivity index (χ1) is 8.68. The van der Waals surface area contributed by atoms with E-state index >= 15 is 0 Å². The van der Waals surface area contributed by atoms with Crippen molar-refractivity contribution in [1.29, 1.82) is 0 Å². The molecule has 0 aliphatic rings. The van der Waals surface area contributed by atoms with Crippen LogP contribution in [0.5, 0.6) is 0 Å². The second-order valence-electron chi connectivity index (χ2n) is 3.97. The Labute approximate surface area is 114 Å². The number of imidazole rings is 1. The van der Waals surface area contributed by atoms with Crippen molar-refractivity contribution >= 4 is 28.7 Å². The highest BCUT2D eigenvalue weighted by Gasteiger charge is 2.12. The van der Waals surface area contributed by atoms with Gasteiger partial charge in [-0.2, -0.15) is 0 Å². The summed E-state index contributed by atoms with van der Waals surface area (Å²) in [4.78, 5) is 8.44. The van der Waals surface area contributed by atoms with Crippen molar-refractivity contribution in [3.8, 4) is 11.4 Å². The SMILES string of the molecule is Cc1c(Cl)cccc1-c1ncc2c(Cl)nccn12. The summed E-state index contributed by atoms with van der Waals surface area (Å²) < 4.78 is 1.91. The van der Waals surface area contributed by atoms with Crippen LogP contribution in [0.1, 0.15) is 5.56 Å². The summed E-state index contributed by atoms with van der Waals surface area (Å²) in [7, 11) is 0. The number of halogens is 2. The van der Waals surface area contributed by atoms with Gasteiger partial charge in [-0.3, -0.25) is 4.40 Å². The first-order valence-electron chi connectivity index (χ1n) is 5.41. The Morgan fingerprint density at radius 1 is 1.17 bits per heavy atom. The third-order valence-corrected chi connectivity index (χ3v) is 3.62. The van der Waals surface area contributed by atoms with E-state index in [2.05, 4.69) is 9.97 Å². The number of benzene rings is 1. The second kappa shape index (κ2) is 4.26. The Morgan fingerprint density at radius 3 is 2.83 bits per heavy atom. The zero-order chi connectivity index (χ0) is 12.7. The van der Waals surface area contributed by atoms with E-state index in [0.29, 0.717) is 5.15 Å². The Bertz CT molecular complexity index is 734. The van der Waals surface area contributed by atoms with E-state index in [0.717, 1.165) is 27.5 Å². The summed E-state index contributed by atoms with van der Waals surface area (Å²) in [6.45, 7) is 1.97. The van der Waals surface area contributed by atoms with Gasteiger partial charge >= 0.3 is 0 Å². The second-order valence-corrected chi connectivity index (χ2v) is 4.73. The molecule has 0 amide bonds. The lowest BCUT2D eigenvalue weighted by molar-refractivity contribution is 1.12. The number of nitrogens with zero attached hydrogens (tertiary/aromatic N) is 3.